The van der Waals surface area contributed by atoms with E-state index >= 15 is 0 Å². The van der Waals surface area contributed by atoms with Gasteiger partial charge in [-0.1, -0.05) is 29.8 Å². The summed E-state index contributed by atoms with van der Waals surface area (Å²) in [4.78, 5) is 23.0. The molecule has 1 aliphatic rings. The number of pyridine rings is 1. The van der Waals surface area contributed by atoms with Gasteiger partial charge >= 0.3 is 6.09 Å². The molecule has 2 heterocycles. The fraction of sp³-hybridized carbons (Fsp3) is 0.458. The first-order chi connectivity index (χ1) is 15.5. The van der Waals surface area contributed by atoms with Crippen molar-refractivity contribution < 1.29 is 19.0 Å². The Balaban J connectivity index is 1.64. The molecule has 1 amide bonds. The Bertz CT molecular complexity index is 911. The van der Waals surface area contributed by atoms with Gasteiger partial charge in [-0.25, -0.2) is 9.78 Å². The predicted molar refractivity (Wildman–Crippen MR) is 125 cm³/mol. The van der Waals surface area contributed by atoms with Gasteiger partial charge in [0.25, 0.3) is 0 Å². The number of nitrogens with zero attached hydrogens (tertiary/aromatic N) is 3. The van der Waals surface area contributed by atoms with E-state index in [0.29, 0.717) is 38.8 Å². The maximum Gasteiger partial charge on any atom is 0.407 e. The first-order valence-electron chi connectivity index (χ1n) is 11.0. The minimum absolute atomic E-state index is 0.161. The van der Waals surface area contributed by atoms with Crippen molar-refractivity contribution >= 4 is 18.0 Å². The zero-order valence-electron chi connectivity index (χ0n) is 19.0. The number of rotatable bonds is 9. The number of carbonyl (C=O) groups is 1. The minimum atomic E-state index is -0.454. The third-order valence-electron chi connectivity index (χ3n) is 4.72. The summed E-state index contributed by atoms with van der Waals surface area (Å²) in [5, 5.41) is 2.67. The fourth-order valence-corrected chi connectivity index (χ4v) is 3.26. The van der Waals surface area contributed by atoms with Crippen molar-refractivity contribution in [3.8, 4) is 5.88 Å². The molecule has 0 saturated carbocycles. The molecule has 8 nitrogen and oxygen atoms in total. The lowest BCUT2D eigenvalue weighted by molar-refractivity contribution is 0.114. The van der Waals surface area contributed by atoms with E-state index in [1.807, 2.05) is 30.5 Å². The second kappa shape index (κ2) is 12.0. The van der Waals surface area contributed by atoms with Crippen molar-refractivity contribution in [3.63, 3.8) is 0 Å². The van der Waals surface area contributed by atoms with Crippen LogP contribution in [0.15, 0.2) is 41.4 Å². The second-order valence-electron chi connectivity index (χ2n) is 7.87. The van der Waals surface area contributed by atoms with E-state index < -0.39 is 6.09 Å². The van der Waals surface area contributed by atoms with Gasteiger partial charge in [0, 0.05) is 31.1 Å². The van der Waals surface area contributed by atoms with E-state index in [9.17, 15) is 4.79 Å². The molecule has 32 heavy (non-hydrogen) atoms. The number of nitrogens with one attached hydrogen (secondary N) is 1. The zero-order valence-corrected chi connectivity index (χ0v) is 19.0. The predicted octanol–water partition coefficient (Wildman–Crippen LogP) is 3.36. The molecule has 1 aromatic carbocycles. The number of hydrogen-bond acceptors (Lipinski definition) is 7. The van der Waals surface area contributed by atoms with Crippen LogP contribution in [0.5, 0.6) is 5.88 Å². The van der Waals surface area contributed by atoms with Crippen molar-refractivity contribution in [1.82, 2.24) is 10.3 Å². The van der Waals surface area contributed by atoms with Crippen LogP contribution in [-0.4, -0.2) is 62.9 Å². The first kappa shape index (κ1) is 23.5. The van der Waals surface area contributed by atoms with Gasteiger partial charge in [-0.15, -0.1) is 0 Å². The van der Waals surface area contributed by atoms with E-state index in [0.717, 1.165) is 30.0 Å². The van der Waals surface area contributed by atoms with E-state index in [1.165, 1.54) is 5.56 Å². The Morgan fingerprint density at radius 2 is 2.09 bits per heavy atom. The number of benzene rings is 1. The van der Waals surface area contributed by atoms with E-state index in [-0.39, 0.29) is 6.10 Å². The summed E-state index contributed by atoms with van der Waals surface area (Å²) < 4.78 is 16.3. The number of aryl methyl sites for hydroxylation is 1. The molecule has 3 rings (SSSR count). The average Bonchev–Trinajstić information content (AvgIpc) is 2.77. The third kappa shape index (κ3) is 7.85. The molecule has 1 aliphatic heterocycles. The highest BCUT2D eigenvalue weighted by Crippen LogP contribution is 2.23. The maximum absolute atomic E-state index is 11.6. The molecule has 0 spiro atoms. The normalized spacial score (nSPS) is 14.1. The smallest absolute Gasteiger partial charge is 0.407 e. The van der Waals surface area contributed by atoms with Crippen LogP contribution in [0.1, 0.15) is 30.7 Å². The number of ether oxygens (including phenoxy) is 3. The van der Waals surface area contributed by atoms with Crippen LogP contribution < -0.4 is 15.0 Å². The van der Waals surface area contributed by atoms with Gasteiger partial charge < -0.3 is 24.4 Å². The number of aromatic nitrogens is 1. The fourth-order valence-electron chi connectivity index (χ4n) is 3.26. The molecule has 2 aromatic rings. The Hall–Kier alpha value is -3.13. The van der Waals surface area contributed by atoms with Gasteiger partial charge in [-0.3, -0.25) is 4.99 Å². The van der Waals surface area contributed by atoms with E-state index in [1.54, 1.807) is 13.8 Å². The van der Waals surface area contributed by atoms with Crippen molar-refractivity contribution in [2.24, 2.45) is 4.99 Å². The van der Waals surface area contributed by atoms with Crippen LogP contribution in [-0.2, 0) is 16.0 Å². The molecule has 0 bridgehead atoms. The molecule has 0 atom stereocenters. The highest BCUT2D eigenvalue weighted by Gasteiger charge is 2.14. The Morgan fingerprint density at radius 1 is 1.28 bits per heavy atom. The Morgan fingerprint density at radius 3 is 2.84 bits per heavy atom. The molecular formula is C24H32N4O4. The molecular weight excluding hydrogens is 408 g/mol. The summed E-state index contributed by atoms with van der Waals surface area (Å²) in [6, 6.07) is 12.2. The monoisotopic (exact) mass is 440 g/mol. The average molecular weight is 441 g/mol. The molecule has 8 heteroatoms. The second-order valence-corrected chi connectivity index (χ2v) is 7.87. The molecule has 1 aromatic heterocycles. The number of aliphatic imine (C=N–C) groups is 1. The summed E-state index contributed by atoms with van der Waals surface area (Å²) >= 11 is 0. The van der Waals surface area contributed by atoms with Crippen molar-refractivity contribution in [2.75, 3.05) is 44.4 Å². The molecule has 0 radical (unpaired) electrons. The van der Waals surface area contributed by atoms with E-state index in [4.69, 9.17) is 14.2 Å². The number of carbonyl (C=O) groups excluding carboxylic acids is 1. The molecule has 1 fully saturated rings. The van der Waals surface area contributed by atoms with Crippen LogP contribution in [0.3, 0.4) is 0 Å². The minimum Gasteiger partial charge on any atom is -0.476 e. The highest BCUT2D eigenvalue weighted by atomic mass is 16.6. The molecule has 0 aliphatic carbocycles. The van der Waals surface area contributed by atoms with Gasteiger partial charge in [0.15, 0.2) is 0 Å². The number of alkyl carbamates (subject to hydrolysis) is 1. The van der Waals surface area contributed by atoms with Gasteiger partial charge in [0.1, 0.15) is 6.61 Å². The molecule has 1 saturated heterocycles. The summed E-state index contributed by atoms with van der Waals surface area (Å²) in [7, 11) is 0. The molecule has 172 valence electrons. The number of anilines is 1. The lowest BCUT2D eigenvalue weighted by Gasteiger charge is -2.29. The number of morpholine rings is 1. The molecule has 0 unspecified atom stereocenters. The van der Waals surface area contributed by atoms with Crippen LogP contribution >= 0.6 is 0 Å². The number of hydrogen-bond donors (Lipinski definition) is 1. The summed E-state index contributed by atoms with van der Waals surface area (Å²) in [5.74, 6) is 0.508. The largest absolute Gasteiger partial charge is 0.476 e. The van der Waals surface area contributed by atoms with E-state index in [2.05, 4.69) is 39.2 Å². The Labute approximate surface area is 189 Å². The van der Waals surface area contributed by atoms with Crippen molar-refractivity contribution in [2.45, 2.75) is 33.4 Å². The maximum atomic E-state index is 11.6. The molecule has 1 N–H and O–H groups in total. The van der Waals surface area contributed by atoms with Crippen molar-refractivity contribution in [3.05, 3.63) is 53.2 Å². The summed E-state index contributed by atoms with van der Waals surface area (Å²) in [5.41, 5.74) is 4.11. The lowest BCUT2D eigenvalue weighted by atomic mass is 10.1. The standard InChI is InChI=1S/C24H32N4O4/c1-18(2)32-24(29)26-7-10-31-23-15-22(28-8-11-30-12-9-28)14-21(27-23)17-25-16-20-6-4-5-19(3)13-20/h4-6,13-16,18H,7-12,17H2,1-3H3,(H,26,29). The SMILES string of the molecule is Cc1cccc(C=NCc2cc(N3CCOCC3)cc(OCCNC(=O)OC(C)C)n2)c1. The summed E-state index contributed by atoms with van der Waals surface area (Å²) in [6.07, 6.45) is 1.25. The van der Waals surface area contributed by atoms with Crippen molar-refractivity contribution in [1.29, 1.82) is 0 Å². The third-order valence-corrected chi connectivity index (χ3v) is 4.72. The topological polar surface area (TPSA) is 85.3 Å². The van der Waals surface area contributed by atoms with Gasteiger partial charge in [0.2, 0.25) is 5.88 Å². The Kier molecular flexibility index (Phi) is 8.86. The van der Waals surface area contributed by atoms with Gasteiger partial charge in [-0.2, -0.15) is 0 Å². The quantitative estimate of drug-likeness (QED) is 0.475. The number of amides is 1. The van der Waals surface area contributed by atoms with Crippen LogP contribution in [0.4, 0.5) is 10.5 Å². The van der Waals surface area contributed by atoms with Crippen LogP contribution in [0.25, 0.3) is 0 Å². The van der Waals surface area contributed by atoms with Gasteiger partial charge in [0.05, 0.1) is 38.1 Å². The van der Waals surface area contributed by atoms with Gasteiger partial charge in [-0.05, 0) is 32.4 Å². The van der Waals surface area contributed by atoms with Crippen LogP contribution in [0, 0.1) is 6.92 Å². The highest BCUT2D eigenvalue weighted by molar-refractivity contribution is 5.79. The lowest BCUT2D eigenvalue weighted by Crippen LogP contribution is -2.36. The first-order valence-corrected chi connectivity index (χ1v) is 11.0. The zero-order chi connectivity index (χ0) is 22.8. The van der Waals surface area contributed by atoms with Crippen LogP contribution in [0.2, 0.25) is 0 Å². The summed E-state index contributed by atoms with van der Waals surface area (Å²) in [6.45, 7) is 9.76.